The van der Waals surface area contributed by atoms with Crippen LogP contribution in [-0.2, 0) is 0 Å². The topological polar surface area (TPSA) is 61.6 Å². The molecule has 0 aliphatic carbocycles. The van der Waals surface area contributed by atoms with E-state index >= 15 is 0 Å². The molecule has 1 atom stereocenters. The maximum atomic E-state index is 13.2. The van der Waals surface area contributed by atoms with Gasteiger partial charge in [-0.15, -0.1) is 0 Å². The second-order valence-electron chi connectivity index (χ2n) is 6.99. The average molecular weight is 394 g/mol. The van der Waals surface area contributed by atoms with Crippen LogP contribution in [-0.4, -0.2) is 48.5 Å². The minimum absolute atomic E-state index is 0.0120. The van der Waals surface area contributed by atoms with Gasteiger partial charge in [0.25, 0.3) is 5.91 Å². The lowest BCUT2D eigenvalue weighted by Crippen LogP contribution is -2.50. The van der Waals surface area contributed by atoms with E-state index in [0.29, 0.717) is 12.3 Å². The van der Waals surface area contributed by atoms with E-state index in [4.69, 9.17) is 4.42 Å². The molecule has 1 aromatic carbocycles. The first-order valence-electron chi connectivity index (χ1n) is 9.67. The number of hydrogen-bond acceptors (Lipinski definition) is 5. The van der Waals surface area contributed by atoms with Crippen molar-refractivity contribution < 1.29 is 13.6 Å². The smallest absolute Gasteiger partial charge is 0.287 e. The number of aromatic nitrogens is 1. The number of rotatable bonds is 6. The highest BCUT2D eigenvalue weighted by atomic mass is 19.1. The van der Waals surface area contributed by atoms with Gasteiger partial charge in [-0.1, -0.05) is 6.07 Å². The molecular weight excluding hydrogens is 371 g/mol. The number of anilines is 1. The van der Waals surface area contributed by atoms with Crippen molar-refractivity contribution in [3.05, 3.63) is 84.3 Å². The van der Waals surface area contributed by atoms with Crippen LogP contribution in [0.4, 0.5) is 10.1 Å². The number of pyridine rings is 1. The summed E-state index contributed by atoms with van der Waals surface area (Å²) in [6, 6.07) is 13.9. The lowest BCUT2D eigenvalue weighted by Gasteiger charge is -2.40. The molecular formula is C22H23FN4O2. The quantitative estimate of drug-likeness (QED) is 0.696. The number of carbonyl (C=O) groups is 1. The molecule has 1 aliphatic heterocycles. The molecule has 1 amide bonds. The van der Waals surface area contributed by atoms with E-state index in [-0.39, 0.29) is 17.8 Å². The van der Waals surface area contributed by atoms with Crippen LogP contribution >= 0.6 is 0 Å². The van der Waals surface area contributed by atoms with Crippen molar-refractivity contribution in [3.63, 3.8) is 0 Å². The minimum Gasteiger partial charge on any atom is -0.459 e. The molecule has 0 spiro atoms. The summed E-state index contributed by atoms with van der Waals surface area (Å²) in [5.74, 6) is -0.152. The zero-order valence-corrected chi connectivity index (χ0v) is 16.0. The number of nitrogens with one attached hydrogen (secondary N) is 1. The van der Waals surface area contributed by atoms with Crippen molar-refractivity contribution in [2.24, 2.45) is 0 Å². The molecule has 29 heavy (non-hydrogen) atoms. The second kappa shape index (κ2) is 8.87. The van der Waals surface area contributed by atoms with Gasteiger partial charge in [-0.3, -0.25) is 14.7 Å². The van der Waals surface area contributed by atoms with Gasteiger partial charge < -0.3 is 14.6 Å². The average Bonchev–Trinajstić information content (AvgIpc) is 3.31. The Hall–Kier alpha value is -3.19. The molecule has 0 unspecified atom stereocenters. The summed E-state index contributed by atoms with van der Waals surface area (Å²) in [7, 11) is 0. The highest BCUT2D eigenvalue weighted by molar-refractivity contribution is 5.91. The zero-order valence-electron chi connectivity index (χ0n) is 16.0. The van der Waals surface area contributed by atoms with E-state index < -0.39 is 0 Å². The predicted molar refractivity (Wildman–Crippen MR) is 108 cm³/mol. The molecule has 7 heteroatoms. The molecule has 150 valence electrons. The Kier molecular flexibility index (Phi) is 5.86. The molecule has 1 fully saturated rings. The fourth-order valence-corrected chi connectivity index (χ4v) is 3.66. The number of nitrogens with zero attached hydrogens (tertiary/aromatic N) is 3. The van der Waals surface area contributed by atoms with Crippen LogP contribution in [0.3, 0.4) is 0 Å². The number of furan rings is 1. The van der Waals surface area contributed by atoms with Crippen molar-refractivity contribution in [3.8, 4) is 0 Å². The van der Waals surface area contributed by atoms with Crippen LogP contribution in [0, 0.1) is 5.82 Å². The standard InChI is InChI=1S/C22H23FN4O2/c23-18-5-7-19(8-6-18)26-10-12-27(13-11-26)20(17-3-1-9-24-15-17)16-25-22(28)21-4-2-14-29-21/h1-9,14-15,20H,10-13,16H2,(H,25,28)/t20-/m0/s1. The lowest BCUT2D eigenvalue weighted by atomic mass is 10.1. The van der Waals surface area contributed by atoms with E-state index in [0.717, 1.165) is 37.4 Å². The number of benzene rings is 1. The largest absolute Gasteiger partial charge is 0.459 e. The first-order valence-corrected chi connectivity index (χ1v) is 9.67. The van der Waals surface area contributed by atoms with Crippen LogP contribution in [0.15, 0.2) is 71.6 Å². The summed E-state index contributed by atoms with van der Waals surface area (Å²) in [5, 5.41) is 2.97. The van der Waals surface area contributed by atoms with Gasteiger partial charge in [0.15, 0.2) is 5.76 Å². The fraction of sp³-hybridized carbons (Fsp3) is 0.273. The molecule has 6 nitrogen and oxygen atoms in total. The Labute approximate surface area is 169 Å². The summed E-state index contributed by atoms with van der Waals surface area (Å²) in [6.07, 6.45) is 5.08. The number of amides is 1. The Balaban J connectivity index is 1.43. The Morgan fingerprint density at radius 1 is 1.10 bits per heavy atom. The fourth-order valence-electron chi connectivity index (χ4n) is 3.66. The number of piperazine rings is 1. The van der Waals surface area contributed by atoms with Gasteiger partial charge in [0.1, 0.15) is 5.82 Å². The number of carbonyl (C=O) groups excluding carboxylic acids is 1. The summed E-state index contributed by atoms with van der Waals surface area (Å²) in [4.78, 5) is 21.1. The van der Waals surface area contributed by atoms with E-state index in [9.17, 15) is 9.18 Å². The van der Waals surface area contributed by atoms with Crippen molar-refractivity contribution in [1.29, 1.82) is 0 Å². The van der Waals surface area contributed by atoms with Gasteiger partial charge in [0.2, 0.25) is 0 Å². The predicted octanol–water partition coefficient (Wildman–Crippen LogP) is 3.11. The summed E-state index contributed by atoms with van der Waals surface area (Å²) < 4.78 is 18.4. The van der Waals surface area contributed by atoms with Crippen LogP contribution in [0.25, 0.3) is 0 Å². The maximum Gasteiger partial charge on any atom is 0.287 e. The summed E-state index contributed by atoms with van der Waals surface area (Å²) in [5.41, 5.74) is 2.08. The molecule has 4 rings (SSSR count). The van der Waals surface area contributed by atoms with Gasteiger partial charge in [-0.25, -0.2) is 4.39 Å². The third-order valence-corrected chi connectivity index (χ3v) is 5.22. The minimum atomic E-state index is -0.228. The molecule has 0 radical (unpaired) electrons. The van der Waals surface area contributed by atoms with Crippen molar-refractivity contribution >= 4 is 11.6 Å². The van der Waals surface area contributed by atoms with Gasteiger partial charge in [0.05, 0.1) is 12.3 Å². The Morgan fingerprint density at radius 2 is 1.90 bits per heavy atom. The highest BCUT2D eigenvalue weighted by Gasteiger charge is 2.26. The van der Waals surface area contributed by atoms with Gasteiger partial charge in [0, 0.05) is 50.8 Å². The molecule has 1 aliphatic rings. The molecule has 0 bridgehead atoms. The van der Waals surface area contributed by atoms with Crippen molar-refractivity contribution in [1.82, 2.24) is 15.2 Å². The summed E-state index contributed by atoms with van der Waals surface area (Å²) >= 11 is 0. The third kappa shape index (κ3) is 4.63. The SMILES string of the molecule is O=C(NC[C@@H](c1cccnc1)N1CCN(c2ccc(F)cc2)CC1)c1ccco1. The van der Waals surface area contributed by atoms with Gasteiger partial charge in [-0.2, -0.15) is 0 Å². The van der Waals surface area contributed by atoms with Crippen LogP contribution < -0.4 is 10.2 Å². The van der Waals surface area contributed by atoms with Gasteiger partial charge in [-0.05, 0) is 48.0 Å². The first-order chi connectivity index (χ1) is 14.2. The van der Waals surface area contributed by atoms with Crippen LogP contribution in [0.2, 0.25) is 0 Å². The van der Waals surface area contributed by atoms with Crippen molar-refractivity contribution in [2.45, 2.75) is 6.04 Å². The Morgan fingerprint density at radius 3 is 2.55 bits per heavy atom. The van der Waals surface area contributed by atoms with E-state index in [1.54, 1.807) is 18.3 Å². The second-order valence-corrected chi connectivity index (χ2v) is 6.99. The Bertz CT molecular complexity index is 908. The number of hydrogen-bond donors (Lipinski definition) is 1. The molecule has 1 N–H and O–H groups in total. The molecule has 3 aromatic rings. The first kappa shape index (κ1) is 19.1. The highest BCUT2D eigenvalue weighted by Crippen LogP contribution is 2.24. The summed E-state index contributed by atoms with van der Waals surface area (Å²) in [6.45, 7) is 3.77. The molecule has 0 saturated carbocycles. The molecule has 3 heterocycles. The van der Waals surface area contributed by atoms with E-state index in [2.05, 4.69) is 20.1 Å². The van der Waals surface area contributed by atoms with Crippen LogP contribution in [0.1, 0.15) is 22.2 Å². The normalized spacial score (nSPS) is 15.8. The number of halogens is 1. The van der Waals surface area contributed by atoms with Crippen LogP contribution in [0.5, 0.6) is 0 Å². The van der Waals surface area contributed by atoms with E-state index in [1.165, 1.54) is 18.4 Å². The molecule has 2 aromatic heterocycles. The lowest BCUT2D eigenvalue weighted by molar-refractivity contribution is 0.0902. The third-order valence-electron chi connectivity index (χ3n) is 5.22. The monoisotopic (exact) mass is 394 g/mol. The maximum absolute atomic E-state index is 13.2. The van der Waals surface area contributed by atoms with Crippen molar-refractivity contribution in [2.75, 3.05) is 37.6 Å². The zero-order chi connectivity index (χ0) is 20.1. The molecule has 1 saturated heterocycles. The van der Waals surface area contributed by atoms with E-state index in [1.807, 2.05) is 30.5 Å². The van der Waals surface area contributed by atoms with Gasteiger partial charge >= 0.3 is 0 Å².